The minimum Gasteiger partial charge on any atom is -0.394 e. The Bertz CT molecular complexity index is 262. The first-order valence-corrected chi connectivity index (χ1v) is 5.94. The molecule has 0 bridgehead atoms. The van der Waals surface area contributed by atoms with Crippen molar-refractivity contribution in [3.63, 3.8) is 0 Å². The van der Waals surface area contributed by atoms with Gasteiger partial charge in [0.05, 0.1) is 6.61 Å². The fraction of sp³-hybridized carbons (Fsp3) is 0.909. The first-order valence-electron chi connectivity index (χ1n) is 5.94. The number of nitrogens with zero attached hydrogens (tertiary/aromatic N) is 2. The molecule has 0 aromatic carbocycles. The van der Waals surface area contributed by atoms with Crippen molar-refractivity contribution in [2.24, 2.45) is 5.16 Å². The molecule has 0 saturated carbocycles. The van der Waals surface area contributed by atoms with Crippen LogP contribution in [0.5, 0.6) is 0 Å². The standard InChI is InChI=1S/C8H15NO.C3H4F3NO/c10-7-8-3-1-5-9(8)6-2-4-8;1-7-8-2-3(4,5)6/h10H,1-7H2;1-2H2. The predicted molar refractivity (Wildman–Crippen MR) is 61.4 cm³/mol. The van der Waals surface area contributed by atoms with Crippen molar-refractivity contribution in [1.29, 1.82) is 0 Å². The maximum Gasteiger partial charge on any atom is 0.425 e. The van der Waals surface area contributed by atoms with E-state index in [0.717, 1.165) is 0 Å². The highest BCUT2D eigenvalue weighted by molar-refractivity contribution is 5.21. The van der Waals surface area contributed by atoms with Gasteiger partial charge in [-0.3, -0.25) is 4.90 Å². The third-order valence-corrected chi connectivity index (χ3v) is 3.42. The van der Waals surface area contributed by atoms with Gasteiger partial charge in [-0.05, 0) is 38.8 Å². The molecule has 0 aromatic heterocycles. The summed E-state index contributed by atoms with van der Waals surface area (Å²) in [7, 11) is 0. The van der Waals surface area contributed by atoms with Crippen molar-refractivity contribution < 1.29 is 23.1 Å². The first-order chi connectivity index (χ1) is 8.43. The Balaban J connectivity index is 0.000000187. The molecule has 2 fully saturated rings. The van der Waals surface area contributed by atoms with Crippen molar-refractivity contribution >= 4 is 6.72 Å². The van der Waals surface area contributed by atoms with E-state index in [1.807, 2.05) is 0 Å². The number of rotatable bonds is 3. The highest BCUT2D eigenvalue weighted by Crippen LogP contribution is 2.37. The van der Waals surface area contributed by atoms with Crippen LogP contribution in [-0.2, 0) is 4.84 Å². The number of hydrogen-bond acceptors (Lipinski definition) is 4. The lowest BCUT2D eigenvalue weighted by molar-refractivity contribution is -0.173. The second kappa shape index (κ2) is 6.38. The summed E-state index contributed by atoms with van der Waals surface area (Å²) in [5.41, 5.74) is 0.236. The molecule has 2 rings (SSSR count). The van der Waals surface area contributed by atoms with Crippen LogP contribution in [0.1, 0.15) is 25.7 Å². The molecule has 2 aliphatic heterocycles. The van der Waals surface area contributed by atoms with E-state index in [1.165, 1.54) is 38.8 Å². The lowest BCUT2D eigenvalue weighted by Gasteiger charge is -2.29. The number of oxime groups is 1. The van der Waals surface area contributed by atoms with Crippen LogP contribution < -0.4 is 0 Å². The predicted octanol–water partition coefficient (Wildman–Crippen LogP) is 1.79. The van der Waals surface area contributed by atoms with Crippen molar-refractivity contribution in [2.75, 3.05) is 26.3 Å². The molecule has 2 heterocycles. The maximum absolute atomic E-state index is 11.0. The largest absolute Gasteiger partial charge is 0.425 e. The summed E-state index contributed by atoms with van der Waals surface area (Å²) in [5.74, 6) is 0. The van der Waals surface area contributed by atoms with Gasteiger partial charge in [0.25, 0.3) is 0 Å². The van der Waals surface area contributed by atoms with Gasteiger partial charge in [-0.15, -0.1) is 5.16 Å². The van der Waals surface area contributed by atoms with Gasteiger partial charge >= 0.3 is 6.18 Å². The van der Waals surface area contributed by atoms with Crippen LogP contribution in [0, 0.1) is 0 Å². The van der Waals surface area contributed by atoms with E-state index >= 15 is 0 Å². The van der Waals surface area contributed by atoms with E-state index in [2.05, 4.69) is 21.6 Å². The molecule has 7 heteroatoms. The van der Waals surface area contributed by atoms with Crippen molar-refractivity contribution in [2.45, 2.75) is 37.4 Å². The zero-order valence-corrected chi connectivity index (χ0v) is 10.2. The van der Waals surface area contributed by atoms with E-state index in [9.17, 15) is 18.3 Å². The Hall–Kier alpha value is -0.820. The molecule has 106 valence electrons. The minimum absolute atomic E-state index is 0.236. The second-order valence-electron chi connectivity index (χ2n) is 4.59. The molecular weight excluding hydrogens is 249 g/mol. The monoisotopic (exact) mass is 268 g/mol. The zero-order chi connectivity index (χ0) is 13.6. The van der Waals surface area contributed by atoms with E-state index in [0.29, 0.717) is 6.61 Å². The Morgan fingerprint density at radius 2 is 1.83 bits per heavy atom. The minimum atomic E-state index is -4.30. The number of alkyl halides is 3. The van der Waals surface area contributed by atoms with Gasteiger partial charge < -0.3 is 9.94 Å². The van der Waals surface area contributed by atoms with Crippen molar-refractivity contribution in [3.05, 3.63) is 0 Å². The normalized spacial score (nSPS) is 22.0. The number of fused-ring (bicyclic) bond motifs is 1. The summed E-state index contributed by atoms with van der Waals surface area (Å²) >= 11 is 0. The Morgan fingerprint density at radius 3 is 2.11 bits per heavy atom. The maximum atomic E-state index is 11.0. The molecular formula is C11H19F3N2O2. The van der Waals surface area contributed by atoms with Gasteiger partial charge in [0.2, 0.25) is 6.61 Å². The molecule has 0 aromatic rings. The lowest BCUT2D eigenvalue weighted by atomic mass is 9.96. The lowest BCUT2D eigenvalue weighted by Crippen LogP contribution is -2.41. The smallest absolute Gasteiger partial charge is 0.394 e. The molecule has 0 unspecified atom stereocenters. The summed E-state index contributed by atoms with van der Waals surface area (Å²) in [6, 6.07) is 0. The highest BCUT2D eigenvalue weighted by Gasteiger charge is 2.43. The quantitative estimate of drug-likeness (QED) is 0.627. The average molecular weight is 268 g/mol. The fourth-order valence-corrected chi connectivity index (χ4v) is 2.60. The Morgan fingerprint density at radius 1 is 1.28 bits per heavy atom. The number of halogens is 3. The van der Waals surface area contributed by atoms with Gasteiger partial charge in [0, 0.05) is 12.3 Å². The molecule has 18 heavy (non-hydrogen) atoms. The third-order valence-electron chi connectivity index (χ3n) is 3.42. The van der Waals surface area contributed by atoms with Gasteiger partial charge in [0.15, 0.2) is 0 Å². The first kappa shape index (κ1) is 15.2. The van der Waals surface area contributed by atoms with Crippen LogP contribution in [0.4, 0.5) is 13.2 Å². The molecule has 4 nitrogen and oxygen atoms in total. The van der Waals surface area contributed by atoms with E-state index < -0.39 is 12.8 Å². The zero-order valence-electron chi connectivity index (χ0n) is 10.2. The average Bonchev–Trinajstić information content (AvgIpc) is 2.85. The van der Waals surface area contributed by atoms with Gasteiger partial charge in [0.1, 0.15) is 0 Å². The SMILES string of the molecule is C=NOCC(F)(F)F.OCC12CCCN1CCC2. The van der Waals surface area contributed by atoms with Crippen LogP contribution >= 0.6 is 0 Å². The number of hydrogen-bond donors (Lipinski definition) is 1. The van der Waals surface area contributed by atoms with Crippen LogP contribution in [0.2, 0.25) is 0 Å². The van der Waals surface area contributed by atoms with Crippen LogP contribution in [0.15, 0.2) is 5.16 Å². The van der Waals surface area contributed by atoms with Crippen molar-refractivity contribution in [3.8, 4) is 0 Å². The number of aliphatic hydroxyl groups is 1. The van der Waals surface area contributed by atoms with Gasteiger partial charge in [-0.1, -0.05) is 0 Å². The second-order valence-corrected chi connectivity index (χ2v) is 4.59. The Kier molecular flexibility index (Phi) is 5.40. The molecule has 0 spiro atoms. The van der Waals surface area contributed by atoms with Crippen LogP contribution in [-0.4, -0.2) is 54.7 Å². The molecule has 0 radical (unpaired) electrons. The molecule has 0 aliphatic carbocycles. The number of aliphatic hydroxyl groups excluding tert-OH is 1. The van der Waals surface area contributed by atoms with E-state index in [1.54, 1.807) is 0 Å². The molecule has 2 saturated heterocycles. The summed E-state index contributed by atoms with van der Waals surface area (Å²) in [5, 5.41) is 11.7. The van der Waals surface area contributed by atoms with Gasteiger partial charge in [-0.25, -0.2) is 0 Å². The molecule has 0 amide bonds. The highest BCUT2D eigenvalue weighted by atomic mass is 19.4. The van der Waals surface area contributed by atoms with Gasteiger partial charge in [-0.2, -0.15) is 13.2 Å². The molecule has 2 aliphatic rings. The summed E-state index contributed by atoms with van der Waals surface area (Å²) in [4.78, 5) is 6.05. The van der Waals surface area contributed by atoms with Crippen LogP contribution in [0.3, 0.4) is 0 Å². The molecule has 1 N–H and O–H groups in total. The Labute approximate surface area is 104 Å². The third kappa shape index (κ3) is 4.13. The molecule has 0 atom stereocenters. The topological polar surface area (TPSA) is 45.1 Å². The van der Waals surface area contributed by atoms with E-state index in [4.69, 9.17) is 0 Å². The summed E-state index contributed by atoms with van der Waals surface area (Å²) < 4.78 is 33.1. The van der Waals surface area contributed by atoms with Crippen molar-refractivity contribution in [1.82, 2.24) is 4.90 Å². The van der Waals surface area contributed by atoms with E-state index in [-0.39, 0.29) is 5.54 Å². The van der Waals surface area contributed by atoms with Crippen LogP contribution in [0.25, 0.3) is 0 Å². The summed E-state index contributed by atoms with van der Waals surface area (Å²) in [6.07, 6.45) is 0.731. The fourth-order valence-electron chi connectivity index (χ4n) is 2.60. The summed E-state index contributed by atoms with van der Waals surface area (Å²) in [6.45, 7) is 4.15.